The molecule has 0 saturated heterocycles. The van der Waals surface area contributed by atoms with E-state index in [1.165, 1.54) is 0 Å². The Balaban J connectivity index is 3.16. The molecule has 1 N–H and O–H groups in total. The third-order valence-electron chi connectivity index (χ3n) is 2.35. The van der Waals surface area contributed by atoms with Gasteiger partial charge in [0, 0.05) is 24.4 Å². The van der Waals surface area contributed by atoms with Gasteiger partial charge in [-0.05, 0) is 12.0 Å². The van der Waals surface area contributed by atoms with E-state index in [1.807, 2.05) is 0 Å². The lowest BCUT2D eigenvalue weighted by molar-refractivity contribution is -0.122. The van der Waals surface area contributed by atoms with Crippen LogP contribution < -0.4 is 5.32 Å². The van der Waals surface area contributed by atoms with Crippen LogP contribution in [0.15, 0.2) is 5.11 Å². The minimum absolute atomic E-state index is 0.0281. The van der Waals surface area contributed by atoms with Crippen LogP contribution >= 0.6 is 0 Å². The minimum Gasteiger partial charge on any atom is -0.379 e. The number of hydrogen-bond donors (Lipinski definition) is 1. The first-order chi connectivity index (χ1) is 9.31. The van der Waals surface area contributed by atoms with E-state index in [0.29, 0.717) is 39.4 Å². The van der Waals surface area contributed by atoms with Crippen molar-refractivity contribution >= 4 is 5.91 Å². The van der Waals surface area contributed by atoms with Gasteiger partial charge in [0.25, 0.3) is 0 Å². The molecule has 1 amide bonds. The molecule has 0 aliphatic rings. The Labute approximate surface area is 114 Å². The summed E-state index contributed by atoms with van der Waals surface area (Å²) in [4.78, 5) is 14.0. The predicted molar refractivity (Wildman–Crippen MR) is 72.8 cm³/mol. The van der Waals surface area contributed by atoms with Gasteiger partial charge in [0.2, 0.25) is 5.91 Å². The highest BCUT2D eigenvalue weighted by molar-refractivity contribution is 5.75. The zero-order valence-corrected chi connectivity index (χ0v) is 11.6. The van der Waals surface area contributed by atoms with E-state index < -0.39 is 0 Å². The monoisotopic (exact) mass is 272 g/mol. The molecule has 0 atom stereocenters. The average Bonchev–Trinajstić information content (AvgIpc) is 2.42. The molecule has 0 aromatic rings. The number of nitrogens with zero attached hydrogens (tertiary/aromatic N) is 3. The van der Waals surface area contributed by atoms with Crippen LogP contribution in [-0.4, -0.2) is 45.4 Å². The Morgan fingerprint density at radius 1 is 1.21 bits per heavy atom. The van der Waals surface area contributed by atoms with Crippen molar-refractivity contribution in [1.82, 2.24) is 5.32 Å². The van der Waals surface area contributed by atoms with Crippen molar-refractivity contribution < 1.29 is 14.3 Å². The minimum atomic E-state index is 0.0281. The summed E-state index contributed by atoms with van der Waals surface area (Å²) in [6.07, 6.45) is 3.70. The number of carbonyl (C=O) groups is 1. The van der Waals surface area contributed by atoms with Gasteiger partial charge in [0.15, 0.2) is 0 Å². The summed E-state index contributed by atoms with van der Waals surface area (Å²) < 4.78 is 10.4. The molecule has 0 aliphatic carbocycles. The molecule has 7 heteroatoms. The molecular formula is C12H24N4O3. The summed E-state index contributed by atoms with van der Waals surface area (Å²) >= 11 is 0. The Kier molecular flexibility index (Phi) is 13.7. The fraction of sp³-hybridized carbons (Fsp3) is 0.917. The van der Waals surface area contributed by atoms with Gasteiger partial charge in [-0.1, -0.05) is 24.9 Å². The summed E-state index contributed by atoms with van der Waals surface area (Å²) in [5, 5.41) is 6.18. The lowest BCUT2D eigenvalue weighted by Crippen LogP contribution is -2.25. The molecule has 0 radical (unpaired) electrons. The van der Waals surface area contributed by atoms with Gasteiger partial charge in [0.05, 0.1) is 26.4 Å². The molecule has 0 spiro atoms. The fourth-order valence-electron chi connectivity index (χ4n) is 1.33. The summed E-state index contributed by atoms with van der Waals surface area (Å²) in [6, 6.07) is 0. The Morgan fingerprint density at radius 2 is 1.95 bits per heavy atom. The molecule has 0 fully saturated rings. The van der Waals surface area contributed by atoms with Crippen LogP contribution in [0.5, 0.6) is 0 Å². The van der Waals surface area contributed by atoms with Gasteiger partial charge in [0.1, 0.15) is 0 Å². The van der Waals surface area contributed by atoms with Crippen LogP contribution in [0, 0.1) is 0 Å². The van der Waals surface area contributed by atoms with Crippen molar-refractivity contribution in [3.05, 3.63) is 10.4 Å². The standard InChI is InChI=1S/C12H24N4O3/c1-2-3-4-6-14-12(17)5-8-18-10-11-19-9-7-15-16-13/h2-11H2,1H3,(H,14,17). The number of carbonyl (C=O) groups excluding carboxylic acids is 1. The van der Waals surface area contributed by atoms with Crippen LogP contribution in [0.2, 0.25) is 0 Å². The normalized spacial score (nSPS) is 9.95. The van der Waals surface area contributed by atoms with E-state index in [4.69, 9.17) is 15.0 Å². The predicted octanol–water partition coefficient (Wildman–Crippen LogP) is 2.03. The van der Waals surface area contributed by atoms with Gasteiger partial charge in [-0.15, -0.1) is 0 Å². The van der Waals surface area contributed by atoms with E-state index in [0.717, 1.165) is 25.8 Å². The largest absolute Gasteiger partial charge is 0.379 e. The van der Waals surface area contributed by atoms with E-state index in [1.54, 1.807) is 0 Å². The fourth-order valence-corrected chi connectivity index (χ4v) is 1.33. The molecule has 0 aliphatic heterocycles. The number of rotatable bonds is 13. The molecule has 7 nitrogen and oxygen atoms in total. The number of azide groups is 1. The molecule has 0 aromatic carbocycles. The second-order valence-corrected chi connectivity index (χ2v) is 3.99. The molecule has 0 bridgehead atoms. The Bertz CT molecular complexity index is 268. The van der Waals surface area contributed by atoms with Crippen molar-refractivity contribution in [2.75, 3.05) is 39.5 Å². The first-order valence-electron chi connectivity index (χ1n) is 6.74. The highest BCUT2D eigenvalue weighted by atomic mass is 16.5. The van der Waals surface area contributed by atoms with Crippen LogP contribution in [0.1, 0.15) is 32.6 Å². The zero-order chi connectivity index (χ0) is 14.2. The summed E-state index contributed by atoms with van der Waals surface area (Å²) in [7, 11) is 0. The second-order valence-electron chi connectivity index (χ2n) is 3.99. The van der Waals surface area contributed by atoms with Gasteiger partial charge in [-0.2, -0.15) is 0 Å². The van der Waals surface area contributed by atoms with E-state index in [-0.39, 0.29) is 5.91 Å². The molecular weight excluding hydrogens is 248 g/mol. The van der Waals surface area contributed by atoms with E-state index in [2.05, 4.69) is 22.3 Å². The lowest BCUT2D eigenvalue weighted by Gasteiger charge is -2.06. The first-order valence-corrected chi connectivity index (χ1v) is 6.74. The lowest BCUT2D eigenvalue weighted by atomic mass is 10.2. The third-order valence-corrected chi connectivity index (χ3v) is 2.35. The average molecular weight is 272 g/mol. The Hall–Kier alpha value is -1.30. The van der Waals surface area contributed by atoms with Crippen molar-refractivity contribution in [2.45, 2.75) is 32.6 Å². The van der Waals surface area contributed by atoms with Crippen LogP contribution in [-0.2, 0) is 14.3 Å². The Morgan fingerprint density at radius 3 is 2.63 bits per heavy atom. The van der Waals surface area contributed by atoms with Gasteiger partial charge >= 0.3 is 0 Å². The SMILES string of the molecule is CCCCCNC(=O)CCOCCOCCN=[N+]=[N-]. The number of nitrogens with one attached hydrogen (secondary N) is 1. The van der Waals surface area contributed by atoms with Crippen molar-refractivity contribution in [3.8, 4) is 0 Å². The number of hydrogen-bond acceptors (Lipinski definition) is 4. The summed E-state index contributed by atoms with van der Waals surface area (Å²) in [5.74, 6) is 0.0281. The van der Waals surface area contributed by atoms with E-state index in [9.17, 15) is 4.79 Å². The summed E-state index contributed by atoms with van der Waals surface area (Å²) in [5.41, 5.74) is 8.02. The van der Waals surface area contributed by atoms with Crippen molar-refractivity contribution in [1.29, 1.82) is 0 Å². The zero-order valence-electron chi connectivity index (χ0n) is 11.6. The molecule has 0 saturated carbocycles. The highest BCUT2D eigenvalue weighted by Gasteiger charge is 1.99. The molecule has 0 unspecified atom stereocenters. The maximum absolute atomic E-state index is 11.3. The smallest absolute Gasteiger partial charge is 0.222 e. The molecule has 19 heavy (non-hydrogen) atoms. The van der Waals surface area contributed by atoms with Gasteiger partial charge in [-0.25, -0.2) is 0 Å². The number of ether oxygens (including phenoxy) is 2. The maximum atomic E-state index is 11.3. The maximum Gasteiger partial charge on any atom is 0.222 e. The second kappa shape index (κ2) is 14.8. The molecule has 0 aromatic heterocycles. The van der Waals surface area contributed by atoms with Crippen LogP contribution in [0.25, 0.3) is 10.4 Å². The van der Waals surface area contributed by atoms with Crippen molar-refractivity contribution in [2.24, 2.45) is 5.11 Å². The van der Waals surface area contributed by atoms with Gasteiger partial charge in [-0.3, -0.25) is 4.79 Å². The quantitative estimate of drug-likeness (QED) is 0.240. The highest BCUT2D eigenvalue weighted by Crippen LogP contribution is 1.92. The molecule has 0 rings (SSSR count). The third kappa shape index (κ3) is 14.6. The number of amides is 1. The van der Waals surface area contributed by atoms with E-state index >= 15 is 0 Å². The van der Waals surface area contributed by atoms with Gasteiger partial charge < -0.3 is 14.8 Å². The van der Waals surface area contributed by atoms with Crippen molar-refractivity contribution in [3.63, 3.8) is 0 Å². The molecule has 0 heterocycles. The summed E-state index contributed by atoms with van der Waals surface area (Å²) in [6.45, 7) is 4.89. The number of unbranched alkanes of at least 4 members (excludes halogenated alkanes) is 2. The first kappa shape index (κ1) is 17.7. The topological polar surface area (TPSA) is 96.3 Å². The van der Waals surface area contributed by atoms with Crippen LogP contribution in [0.4, 0.5) is 0 Å². The van der Waals surface area contributed by atoms with Crippen LogP contribution in [0.3, 0.4) is 0 Å². The molecule has 110 valence electrons.